The molecule has 0 saturated carbocycles. The number of nitrogens with one attached hydrogen (secondary N) is 1. The molecule has 0 radical (unpaired) electrons. The van der Waals surface area contributed by atoms with Crippen LogP contribution in [-0.2, 0) is 27.7 Å². The lowest BCUT2D eigenvalue weighted by Crippen LogP contribution is -2.41. The van der Waals surface area contributed by atoms with Gasteiger partial charge >= 0.3 is 0 Å². The number of hydrogen-bond donors (Lipinski definition) is 1. The molecule has 8 heteroatoms. The summed E-state index contributed by atoms with van der Waals surface area (Å²) in [6.07, 6.45) is 4.35. The number of rotatable bonds is 6. The average molecular weight is 441 g/mol. The minimum absolute atomic E-state index is 0.164. The number of halogens is 2. The van der Waals surface area contributed by atoms with Crippen LogP contribution in [0.1, 0.15) is 36.1 Å². The van der Waals surface area contributed by atoms with Crippen LogP contribution < -0.4 is 9.62 Å². The highest BCUT2D eigenvalue weighted by Crippen LogP contribution is 2.30. The van der Waals surface area contributed by atoms with Gasteiger partial charge in [-0.15, -0.1) is 0 Å². The van der Waals surface area contributed by atoms with Crippen LogP contribution in [-0.4, -0.2) is 27.1 Å². The minimum atomic E-state index is -3.71. The van der Waals surface area contributed by atoms with Crippen molar-refractivity contribution < 1.29 is 13.2 Å². The quantitative estimate of drug-likeness (QED) is 0.733. The van der Waals surface area contributed by atoms with Crippen molar-refractivity contribution in [3.05, 3.63) is 63.1 Å². The number of anilines is 1. The molecule has 1 aliphatic rings. The zero-order chi connectivity index (χ0) is 20.5. The van der Waals surface area contributed by atoms with E-state index in [4.69, 9.17) is 23.2 Å². The lowest BCUT2D eigenvalue weighted by atomic mass is 10.0. The van der Waals surface area contributed by atoms with Gasteiger partial charge in [-0.05, 0) is 61.1 Å². The van der Waals surface area contributed by atoms with E-state index in [1.54, 1.807) is 0 Å². The maximum Gasteiger partial charge on any atom is 0.241 e. The van der Waals surface area contributed by atoms with E-state index in [1.165, 1.54) is 29.3 Å². The van der Waals surface area contributed by atoms with E-state index in [2.05, 4.69) is 17.4 Å². The Bertz CT molecular complexity index is 1010. The molecule has 1 aliphatic carbocycles. The molecule has 1 atom stereocenters. The van der Waals surface area contributed by atoms with E-state index in [1.807, 2.05) is 13.0 Å². The van der Waals surface area contributed by atoms with Crippen LogP contribution in [0.5, 0.6) is 0 Å². The van der Waals surface area contributed by atoms with Gasteiger partial charge in [-0.25, -0.2) is 8.42 Å². The molecule has 0 saturated heterocycles. The van der Waals surface area contributed by atoms with Gasteiger partial charge in [-0.3, -0.25) is 9.10 Å². The molecular weight excluding hydrogens is 419 g/mol. The van der Waals surface area contributed by atoms with Crippen LogP contribution >= 0.6 is 23.2 Å². The average Bonchev–Trinajstić information content (AvgIpc) is 3.07. The van der Waals surface area contributed by atoms with Gasteiger partial charge < -0.3 is 5.32 Å². The zero-order valence-corrected chi connectivity index (χ0v) is 18.0. The van der Waals surface area contributed by atoms with Crippen LogP contribution in [0.25, 0.3) is 0 Å². The summed E-state index contributed by atoms with van der Waals surface area (Å²) >= 11 is 12.0. The number of fused-ring (bicyclic) bond motifs is 1. The fourth-order valence-corrected chi connectivity index (χ4v) is 4.86. The smallest absolute Gasteiger partial charge is 0.241 e. The Morgan fingerprint density at radius 2 is 1.86 bits per heavy atom. The summed E-state index contributed by atoms with van der Waals surface area (Å²) < 4.78 is 25.5. The Morgan fingerprint density at radius 1 is 1.14 bits per heavy atom. The van der Waals surface area contributed by atoms with E-state index >= 15 is 0 Å². The maximum atomic E-state index is 12.6. The molecule has 0 aromatic heterocycles. The van der Waals surface area contributed by atoms with E-state index in [0.29, 0.717) is 5.02 Å². The molecule has 0 unspecified atom stereocenters. The normalized spacial score (nSPS) is 14.4. The lowest BCUT2D eigenvalue weighted by molar-refractivity contribution is -0.120. The van der Waals surface area contributed by atoms with Crippen LogP contribution in [0.15, 0.2) is 36.4 Å². The lowest BCUT2D eigenvalue weighted by Gasteiger charge is -2.24. The second-order valence-corrected chi connectivity index (χ2v) is 9.79. The van der Waals surface area contributed by atoms with Gasteiger partial charge in [0.1, 0.15) is 6.54 Å². The maximum absolute atomic E-state index is 12.6. The molecular formula is C20H22Cl2N2O3S. The van der Waals surface area contributed by atoms with Crippen LogP contribution in [0.2, 0.25) is 10.0 Å². The predicted molar refractivity (Wildman–Crippen MR) is 114 cm³/mol. The molecule has 28 heavy (non-hydrogen) atoms. The summed E-state index contributed by atoms with van der Waals surface area (Å²) in [5.41, 5.74) is 3.91. The highest BCUT2D eigenvalue weighted by molar-refractivity contribution is 7.92. The summed E-state index contributed by atoms with van der Waals surface area (Å²) in [5, 5.41) is 3.43. The molecule has 1 N–H and O–H groups in total. The minimum Gasteiger partial charge on any atom is -0.348 e. The summed E-state index contributed by atoms with van der Waals surface area (Å²) in [4.78, 5) is 12.6. The summed E-state index contributed by atoms with van der Waals surface area (Å²) in [6.45, 7) is 1.52. The molecule has 0 fully saturated rings. The number of aryl methyl sites for hydroxylation is 2. The molecule has 0 heterocycles. The fraction of sp³-hybridized carbons (Fsp3) is 0.350. The topological polar surface area (TPSA) is 66.5 Å². The number of carbonyl (C=O) groups is 1. The Labute approximate surface area is 175 Å². The van der Waals surface area contributed by atoms with Crippen LogP contribution in [0, 0.1) is 0 Å². The van der Waals surface area contributed by atoms with Crippen molar-refractivity contribution in [2.24, 2.45) is 0 Å². The SMILES string of the molecule is C[C@@H](NC(=O)CN(c1ccc(Cl)cc1Cl)S(C)(=O)=O)c1ccc2c(c1)CCC2. The van der Waals surface area contributed by atoms with Gasteiger partial charge in [-0.1, -0.05) is 41.4 Å². The summed E-state index contributed by atoms with van der Waals surface area (Å²) in [7, 11) is -3.71. The van der Waals surface area contributed by atoms with E-state index in [9.17, 15) is 13.2 Å². The highest BCUT2D eigenvalue weighted by atomic mass is 35.5. The fourth-order valence-electron chi connectivity index (χ4n) is 3.43. The van der Waals surface area contributed by atoms with E-state index in [-0.39, 0.29) is 23.3 Å². The van der Waals surface area contributed by atoms with E-state index < -0.39 is 15.9 Å². The van der Waals surface area contributed by atoms with Crippen molar-refractivity contribution in [3.8, 4) is 0 Å². The van der Waals surface area contributed by atoms with Crippen LogP contribution in [0.4, 0.5) is 5.69 Å². The second-order valence-electron chi connectivity index (χ2n) is 7.04. The first-order valence-corrected chi connectivity index (χ1v) is 11.6. The van der Waals surface area contributed by atoms with Gasteiger partial charge in [0.15, 0.2) is 0 Å². The third kappa shape index (κ3) is 4.80. The van der Waals surface area contributed by atoms with Crippen molar-refractivity contribution in [1.29, 1.82) is 0 Å². The molecule has 150 valence electrons. The van der Waals surface area contributed by atoms with Crippen molar-refractivity contribution in [2.45, 2.75) is 32.2 Å². The van der Waals surface area contributed by atoms with Gasteiger partial charge in [0, 0.05) is 5.02 Å². The summed E-state index contributed by atoms with van der Waals surface area (Å²) in [5.74, 6) is -0.413. The standard InChI is InChI=1S/C20H22Cl2N2O3S/c1-13(15-7-6-14-4-3-5-16(14)10-15)23-20(25)12-24(28(2,26)27)19-9-8-17(21)11-18(19)22/h6-11,13H,3-5,12H2,1-2H3,(H,23,25)/t13-/m1/s1. The summed E-state index contributed by atoms with van der Waals surface area (Å²) in [6, 6.07) is 10.5. The monoisotopic (exact) mass is 440 g/mol. The largest absolute Gasteiger partial charge is 0.348 e. The van der Waals surface area contributed by atoms with Gasteiger partial charge in [0.25, 0.3) is 0 Å². The molecule has 0 spiro atoms. The van der Waals surface area contributed by atoms with Gasteiger partial charge in [-0.2, -0.15) is 0 Å². The van der Waals surface area contributed by atoms with Gasteiger partial charge in [0.2, 0.25) is 15.9 Å². The number of hydrogen-bond acceptors (Lipinski definition) is 3. The Hall–Kier alpha value is -1.76. The number of nitrogens with zero attached hydrogens (tertiary/aromatic N) is 1. The molecule has 2 aromatic rings. The predicted octanol–water partition coefficient (Wildman–Crippen LogP) is 4.13. The third-order valence-corrected chi connectivity index (χ3v) is 6.53. The van der Waals surface area contributed by atoms with Crippen molar-refractivity contribution in [3.63, 3.8) is 0 Å². The number of benzene rings is 2. The first kappa shape index (κ1) is 21.0. The first-order valence-electron chi connectivity index (χ1n) is 8.99. The second kappa shape index (κ2) is 8.31. The highest BCUT2D eigenvalue weighted by Gasteiger charge is 2.24. The Morgan fingerprint density at radius 3 is 2.54 bits per heavy atom. The van der Waals surface area contributed by atoms with Crippen molar-refractivity contribution in [2.75, 3.05) is 17.1 Å². The Kier molecular flexibility index (Phi) is 6.22. The molecule has 1 amide bonds. The Balaban J connectivity index is 1.75. The third-order valence-electron chi connectivity index (χ3n) is 4.87. The van der Waals surface area contributed by atoms with Crippen molar-refractivity contribution >= 4 is 44.8 Å². The zero-order valence-electron chi connectivity index (χ0n) is 15.7. The number of sulfonamides is 1. The molecule has 3 rings (SSSR count). The number of carbonyl (C=O) groups excluding carboxylic acids is 1. The van der Waals surface area contributed by atoms with Gasteiger partial charge in [0.05, 0.1) is 23.0 Å². The van der Waals surface area contributed by atoms with E-state index in [0.717, 1.165) is 35.4 Å². The van der Waals surface area contributed by atoms with Crippen LogP contribution in [0.3, 0.4) is 0 Å². The molecule has 2 aromatic carbocycles. The van der Waals surface area contributed by atoms with Crippen molar-refractivity contribution in [1.82, 2.24) is 5.32 Å². The number of amides is 1. The molecule has 5 nitrogen and oxygen atoms in total. The first-order chi connectivity index (χ1) is 13.1. The molecule has 0 aliphatic heterocycles. The molecule has 0 bridgehead atoms.